The first kappa shape index (κ1) is 18.8. The molecule has 1 aromatic rings. The van der Waals surface area contributed by atoms with Crippen molar-refractivity contribution in [1.29, 1.82) is 0 Å². The maximum absolute atomic E-state index is 11.6. The summed E-state index contributed by atoms with van der Waals surface area (Å²) in [5.74, 6) is 0.111. The van der Waals surface area contributed by atoms with Gasteiger partial charge in [0.15, 0.2) is 9.84 Å². The summed E-state index contributed by atoms with van der Waals surface area (Å²) in [6.45, 7) is 0. The Bertz CT molecular complexity index is 422. The maximum Gasteiger partial charge on any atom is 1.00 e. The molecule has 0 saturated heterocycles. The third kappa shape index (κ3) is 6.65. The van der Waals surface area contributed by atoms with Crippen molar-refractivity contribution >= 4 is 44.5 Å². The van der Waals surface area contributed by atoms with Crippen molar-refractivity contribution in [2.75, 3.05) is 10.2 Å². The molecule has 9 heteroatoms. The van der Waals surface area contributed by atoms with Crippen LogP contribution >= 0.6 is 34.6 Å². The summed E-state index contributed by atoms with van der Waals surface area (Å²) >= 11 is 2.73. The van der Waals surface area contributed by atoms with Crippen LogP contribution in [0.1, 0.15) is 0 Å². The van der Waals surface area contributed by atoms with E-state index in [0.29, 0.717) is 9.32 Å². The van der Waals surface area contributed by atoms with Crippen LogP contribution in [0.3, 0.4) is 0 Å². The van der Waals surface area contributed by atoms with Gasteiger partial charge in [-0.05, 0) is 24.3 Å². The van der Waals surface area contributed by atoms with E-state index in [1.807, 2.05) is 22.6 Å². The summed E-state index contributed by atoms with van der Waals surface area (Å²) in [5, 5.41) is 12.8. The molecule has 0 bridgehead atoms. The van der Waals surface area contributed by atoms with Crippen LogP contribution in [0.4, 0.5) is 0 Å². The maximum atomic E-state index is 11.6. The molecule has 0 unspecified atom stereocenters. The molecule has 0 N–H and O–H groups in total. The topological polar surface area (TPSA) is 75.7 Å². The number of rotatable bonds is 6. The molecule has 0 fully saturated rings. The fourth-order valence-corrected chi connectivity index (χ4v) is 4.06. The van der Waals surface area contributed by atoms with Gasteiger partial charge in [0.2, 0.25) is 0 Å². The number of sulfone groups is 1. The molecule has 17 heavy (non-hydrogen) atoms. The van der Waals surface area contributed by atoms with Gasteiger partial charge < -0.3 is 5.26 Å². The Hall–Kier alpha value is 1.77. The third-order valence-corrected chi connectivity index (χ3v) is 5.28. The predicted octanol–water partition coefficient (Wildman–Crippen LogP) is -1.87. The van der Waals surface area contributed by atoms with E-state index in [2.05, 4.69) is 9.37 Å². The molecule has 0 aliphatic heterocycles. The standard InChI is InChI=1S/C8H9IO5S2.K/c9-5-6-16(11,12)8-3-1-7(2-4-8)15-14-13-10;/h1-4,10H,5-6H2;/q;+1/p-1. The first-order chi connectivity index (χ1) is 7.60. The zero-order chi connectivity index (χ0) is 12.0. The molecular formula is C8H8IKO5S2. The summed E-state index contributed by atoms with van der Waals surface area (Å²) < 4.78 is 27.9. The summed E-state index contributed by atoms with van der Waals surface area (Å²) in [6, 6.07) is 6.03. The summed E-state index contributed by atoms with van der Waals surface area (Å²) in [4.78, 5) is 0.848. The van der Waals surface area contributed by atoms with Crippen LogP contribution in [0.5, 0.6) is 0 Å². The van der Waals surface area contributed by atoms with E-state index < -0.39 is 9.84 Å². The Labute approximate surface area is 160 Å². The van der Waals surface area contributed by atoms with E-state index in [9.17, 15) is 13.7 Å². The Balaban J connectivity index is 0.00000256. The average molecular weight is 414 g/mol. The minimum absolute atomic E-state index is 0. The molecule has 1 rings (SSSR count). The van der Waals surface area contributed by atoms with Crippen LogP contribution in [0.2, 0.25) is 0 Å². The van der Waals surface area contributed by atoms with Crippen LogP contribution in [0.15, 0.2) is 34.1 Å². The fraction of sp³-hybridized carbons (Fsp3) is 0.250. The van der Waals surface area contributed by atoms with Crippen molar-refractivity contribution < 1.29 is 74.4 Å². The molecular weight excluding hydrogens is 406 g/mol. The van der Waals surface area contributed by atoms with Crippen LogP contribution in [0, 0.1) is 0 Å². The smallest absolute Gasteiger partial charge is 0.691 e. The summed E-state index contributed by atoms with van der Waals surface area (Å²) in [6.07, 6.45) is 0. The monoisotopic (exact) mass is 414 g/mol. The number of benzene rings is 1. The molecule has 90 valence electrons. The van der Waals surface area contributed by atoms with Crippen molar-refractivity contribution in [2.24, 2.45) is 0 Å². The van der Waals surface area contributed by atoms with Crippen molar-refractivity contribution in [2.45, 2.75) is 9.79 Å². The first-order valence-corrected chi connectivity index (χ1v) is 8.04. The van der Waals surface area contributed by atoms with Crippen molar-refractivity contribution in [1.82, 2.24) is 0 Å². The van der Waals surface area contributed by atoms with Gasteiger partial charge in [-0.25, -0.2) is 8.42 Å². The molecule has 0 aliphatic carbocycles. The molecule has 0 amide bonds. The second-order valence-corrected chi connectivity index (χ2v) is 6.66. The van der Waals surface area contributed by atoms with E-state index in [-0.39, 0.29) is 62.0 Å². The minimum Gasteiger partial charge on any atom is -0.691 e. The second kappa shape index (κ2) is 9.64. The van der Waals surface area contributed by atoms with Crippen molar-refractivity contribution in [3.63, 3.8) is 0 Å². The quantitative estimate of drug-likeness (QED) is 0.136. The van der Waals surface area contributed by atoms with Crippen molar-refractivity contribution in [3.8, 4) is 0 Å². The Morgan fingerprint density at radius 3 is 2.35 bits per heavy atom. The van der Waals surface area contributed by atoms with Crippen LogP contribution in [0.25, 0.3) is 0 Å². The van der Waals surface area contributed by atoms with Gasteiger partial charge in [-0.15, -0.1) is 0 Å². The number of halogens is 1. The molecule has 0 aromatic heterocycles. The molecule has 5 nitrogen and oxygen atoms in total. The van der Waals surface area contributed by atoms with Gasteiger partial charge in [0.05, 0.1) is 22.7 Å². The number of hydrogen-bond acceptors (Lipinski definition) is 6. The second-order valence-electron chi connectivity index (χ2n) is 2.70. The number of alkyl halides is 1. The Kier molecular flexibility index (Phi) is 10.6. The third-order valence-electron chi connectivity index (χ3n) is 1.69. The van der Waals surface area contributed by atoms with Gasteiger partial charge >= 0.3 is 51.4 Å². The largest absolute Gasteiger partial charge is 1.00 e. The molecule has 0 atom stereocenters. The van der Waals surface area contributed by atoms with Gasteiger partial charge in [-0.3, -0.25) is 5.04 Å². The minimum atomic E-state index is -3.20. The van der Waals surface area contributed by atoms with Crippen molar-refractivity contribution in [3.05, 3.63) is 24.3 Å². The van der Waals surface area contributed by atoms with E-state index in [4.69, 9.17) is 0 Å². The van der Waals surface area contributed by atoms with E-state index in [0.717, 1.165) is 12.0 Å². The number of hydrogen-bond donors (Lipinski definition) is 0. The zero-order valence-corrected chi connectivity index (χ0v) is 15.9. The summed E-state index contributed by atoms with van der Waals surface area (Å²) in [5.41, 5.74) is 0. The molecule has 0 radical (unpaired) electrons. The average Bonchev–Trinajstić information content (AvgIpc) is 2.27. The van der Waals surface area contributed by atoms with Gasteiger partial charge in [-0.1, -0.05) is 22.6 Å². The Morgan fingerprint density at radius 1 is 1.29 bits per heavy atom. The molecule has 0 aliphatic rings. The van der Waals surface area contributed by atoms with E-state index in [1.165, 1.54) is 12.1 Å². The van der Waals surface area contributed by atoms with Gasteiger partial charge in [0.1, 0.15) is 0 Å². The van der Waals surface area contributed by atoms with E-state index in [1.54, 1.807) is 12.1 Å². The summed E-state index contributed by atoms with van der Waals surface area (Å²) in [7, 11) is -3.20. The normalized spacial score (nSPS) is 10.9. The van der Waals surface area contributed by atoms with E-state index >= 15 is 0 Å². The first-order valence-electron chi connectivity index (χ1n) is 4.12. The Morgan fingerprint density at radius 2 is 1.88 bits per heavy atom. The van der Waals surface area contributed by atoms with Gasteiger partial charge in [0.25, 0.3) is 0 Å². The SMILES string of the molecule is O=S(=O)(CCI)c1ccc(SOO[O-])cc1.[K+]. The molecule has 0 spiro atoms. The van der Waals surface area contributed by atoms with Gasteiger partial charge in [0, 0.05) is 9.32 Å². The molecule has 1 aromatic carbocycles. The van der Waals surface area contributed by atoms with Crippen LogP contribution in [-0.4, -0.2) is 18.6 Å². The zero-order valence-electron chi connectivity index (χ0n) is 8.96. The fourth-order valence-electron chi connectivity index (χ4n) is 0.975. The van der Waals surface area contributed by atoms with Crippen LogP contribution in [-0.2, 0) is 19.2 Å². The van der Waals surface area contributed by atoms with Crippen LogP contribution < -0.4 is 56.6 Å². The molecule has 0 heterocycles. The molecule has 0 saturated carbocycles. The predicted molar refractivity (Wildman–Crippen MR) is 65.4 cm³/mol. The van der Waals surface area contributed by atoms with Gasteiger partial charge in [-0.2, -0.15) is 4.33 Å².